The number of hydrogen-bond donors (Lipinski definition) is 1. The lowest BCUT2D eigenvalue weighted by atomic mass is 9.54. The van der Waals surface area contributed by atoms with Gasteiger partial charge in [-0.1, -0.05) is 0 Å². The summed E-state index contributed by atoms with van der Waals surface area (Å²) >= 11 is 0. The molecule has 0 bridgehead atoms. The van der Waals surface area contributed by atoms with Crippen molar-refractivity contribution in [3.63, 3.8) is 0 Å². The molecule has 2 aliphatic heterocycles. The highest BCUT2D eigenvalue weighted by Gasteiger charge is 2.62. The fourth-order valence-corrected chi connectivity index (χ4v) is 4.29. The number of piperidine rings is 1. The molecular weight excluding hydrogens is 300 g/mol. The molecule has 8 heteroatoms. The highest BCUT2D eigenvalue weighted by Crippen LogP contribution is 2.55. The molecule has 4 amide bonds. The molecular formula is C15H14N4O4. The van der Waals surface area contributed by atoms with Gasteiger partial charge in [0, 0.05) is 12.5 Å². The van der Waals surface area contributed by atoms with E-state index in [4.69, 9.17) is 0 Å². The Morgan fingerprint density at radius 1 is 1.04 bits per heavy atom. The van der Waals surface area contributed by atoms with Gasteiger partial charge in [0.1, 0.15) is 11.8 Å². The summed E-state index contributed by atoms with van der Waals surface area (Å²) in [6, 6.07) is 3.78. The number of nitriles is 2. The molecule has 5 atom stereocenters. The third-order valence-electron chi connectivity index (χ3n) is 5.48. The quantitative estimate of drug-likeness (QED) is 0.589. The average molecular weight is 314 g/mol. The number of amides is 4. The predicted octanol–water partition coefficient (Wildman–Crippen LogP) is -0.676. The molecule has 0 aromatic rings. The van der Waals surface area contributed by atoms with Crippen LogP contribution in [0.4, 0.5) is 0 Å². The molecule has 2 saturated heterocycles. The van der Waals surface area contributed by atoms with Crippen LogP contribution in [0.25, 0.3) is 0 Å². The first-order valence-corrected chi connectivity index (χ1v) is 7.32. The zero-order valence-electron chi connectivity index (χ0n) is 12.4. The first-order chi connectivity index (χ1) is 10.9. The molecule has 1 saturated carbocycles. The Balaban J connectivity index is 2.06. The molecule has 1 aliphatic carbocycles. The second kappa shape index (κ2) is 4.88. The van der Waals surface area contributed by atoms with Gasteiger partial charge in [-0.15, -0.1) is 0 Å². The minimum Gasteiger partial charge on any atom is -0.294 e. The molecule has 1 unspecified atom stereocenters. The minimum absolute atomic E-state index is 0.0300. The lowest BCUT2D eigenvalue weighted by Crippen LogP contribution is -2.59. The van der Waals surface area contributed by atoms with Crippen molar-refractivity contribution in [1.82, 2.24) is 10.2 Å². The normalized spacial score (nSPS) is 39.7. The fourth-order valence-electron chi connectivity index (χ4n) is 4.29. The molecule has 0 radical (unpaired) electrons. The molecule has 0 aromatic heterocycles. The van der Waals surface area contributed by atoms with Gasteiger partial charge in [-0.2, -0.15) is 10.5 Å². The predicted molar refractivity (Wildman–Crippen MR) is 72.4 cm³/mol. The van der Waals surface area contributed by atoms with Gasteiger partial charge in [0.05, 0.1) is 24.0 Å². The first kappa shape index (κ1) is 15.2. The Bertz CT molecular complexity index is 684. The Labute approximate surface area is 132 Å². The number of carbonyl (C=O) groups is 4. The maximum atomic E-state index is 12.3. The van der Waals surface area contributed by atoms with Crippen molar-refractivity contribution in [2.45, 2.75) is 19.3 Å². The number of imide groups is 2. The average Bonchev–Trinajstić information content (AvgIpc) is 2.72. The highest BCUT2D eigenvalue weighted by atomic mass is 16.2. The van der Waals surface area contributed by atoms with Gasteiger partial charge < -0.3 is 0 Å². The second-order valence-electron chi connectivity index (χ2n) is 6.40. The second-order valence-corrected chi connectivity index (χ2v) is 6.40. The third kappa shape index (κ3) is 1.81. The summed E-state index contributed by atoms with van der Waals surface area (Å²) in [7, 11) is 1.40. The van der Waals surface area contributed by atoms with Gasteiger partial charge in [0.15, 0.2) is 0 Å². The molecule has 3 fully saturated rings. The molecule has 118 valence electrons. The summed E-state index contributed by atoms with van der Waals surface area (Å²) < 4.78 is 0. The molecule has 1 N–H and O–H groups in total. The van der Waals surface area contributed by atoms with Crippen LogP contribution in [0.1, 0.15) is 19.3 Å². The maximum Gasteiger partial charge on any atom is 0.244 e. The van der Waals surface area contributed by atoms with Gasteiger partial charge in [-0.25, -0.2) is 0 Å². The van der Waals surface area contributed by atoms with Crippen LogP contribution in [0.5, 0.6) is 0 Å². The lowest BCUT2D eigenvalue weighted by molar-refractivity contribution is -0.150. The van der Waals surface area contributed by atoms with E-state index in [1.54, 1.807) is 0 Å². The topological polar surface area (TPSA) is 131 Å². The standard InChI is InChI=1S/C15H14N4O4/c1-19-13(22)7-2-3-15(4-8(7)14(19)23)9(5-16)11(20)18-12(21)10(15)6-17/h7-10H,2-4H2,1H3,(H,18,20,21)/t7-,8+,9-,10+,15?/m1/s1. The van der Waals surface area contributed by atoms with Crippen LogP contribution < -0.4 is 5.32 Å². The van der Waals surface area contributed by atoms with E-state index >= 15 is 0 Å². The van der Waals surface area contributed by atoms with Gasteiger partial charge >= 0.3 is 0 Å². The summed E-state index contributed by atoms with van der Waals surface area (Å²) in [4.78, 5) is 49.5. The van der Waals surface area contributed by atoms with Gasteiger partial charge in [-0.3, -0.25) is 29.4 Å². The number of nitrogens with zero attached hydrogens (tertiary/aromatic N) is 3. The largest absolute Gasteiger partial charge is 0.294 e. The van der Waals surface area contributed by atoms with Crippen molar-refractivity contribution in [2.75, 3.05) is 7.05 Å². The smallest absolute Gasteiger partial charge is 0.244 e. The summed E-state index contributed by atoms with van der Waals surface area (Å²) in [5.74, 6) is -5.63. The van der Waals surface area contributed by atoms with Crippen LogP contribution in [0.3, 0.4) is 0 Å². The lowest BCUT2D eigenvalue weighted by Gasteiger charge is -2.47. The van der Waals surface area contributed by atoms with E-state index in [9.17, 15) is 29.7 Å². The van der Waals surface area contributed by atoms with Gasteiger partial charge in [0.25, 0.3) is 0 Å². The maximum absolute atomic E-state index is 12.3. The van der Waals surface area contributed by atoms with Crippen molar-refractivity contribution < 1.29 is 19.2 Å². The SMILES string of the molecule is CN1C(=O)[C@H]2CC3(CC[C@H]2C1=O)[C@H](C#N)C(=O)NC(=O)[C@@H]3C#N. The highest BCUT2D eigenvalue weighted by molar-refractivity contribution is 6.06. The van der Waals surface area contributed by atoms with Crippen LogP contribution in [-0.2, 0) is 19.2 Å². The van der Waals surface area contributed by atoms with E-state index in [1.807, 2.05) is 12.1 Å². The first-order valence-electron chi connectivity index (χ1n) is 7.32. The summed E-state index contributed by atoms with van der Waals surface area (Å²) in [6.45, 7) is 0. The van der Waals surface area contributed by atoms with E-state index in [-0.39, 0.29) is 31.1 Å². The Kier molecular flexibility index (Phi) is 3.22. The monoisotopic (exact) mass is 314 g/mol. The molecule has 1 spiro atoms. The number of rotatable bonds is 0. The number of hydrogen-bond acceptors (Lipinski definition) is 6. The van der Waals surface area contributed by atoms with Crippen molar-refractivity contribution >= 4 is 23.6 Å². The van der Waals surface area contributed by atoms with Crippen molar-refractivity contribution in [1.29, 1.82) is 10.5 Å². The Hall–Kier alpha value is -2.74. The summed E-state index contributed by atoms with van der Waals surface area (Å²) in [5, 5.41) is 20.8. The van der Waals surface area contributed by atoms with Crippen LogP contribution >= 0.6 is 0 Å². The van der Waals surface area contributed by atoms with Crippen molar-refractivity contribution in [2.24, 2.45) is 29.1 Å². The number of carbonyl (C=O) groups excluding carboxylic acids is 4. The number of likely N-dealkylation sites (tertiary alicyclic amines) is 1. The van der Waals surface area contributed by atoms with E-state index in [2.05, 4.69) is 5.32 Å². The van der Waals surface area contributed by atoms with Crippen LogP contribution in [0, 0.1) is 51.7 Å². The van der Waals surface area contributed by atoms with Crippen molar-refractivity contribution in [3.05, 3.63) is 0 Å². The Morgan fingerprint density at radius 2 is 1.57 bits per heavy atom. The van der Waals surface area contributed by atoms with E-state index in [1.165, 1.54) is 7.05 Å². The van der Waals surface area contributed by atoms with E-state index in [0.717, 1.165) is 4.90 Å². The van der Waals surface area contributed by atoms with E-state index in [0.29, 0.717) is 0 Å². The molecule has 2 heterocycles. The van der Waals surface area contributed by atoms with Crippen LogP contribution in [-0.4, -0.2) is 35.6 Å². The fraction of sp³-hybridized carbons (Fsp3) is 0.600. The van der Waals surface area contributed by atoms with Crippen LogP contribution in [0.2, 0.25) is 0 Å². The summed E-state index contributed by atoms with van der Waals surface area (Å²) in [5.41, 5.74) is -1.20. The molecule has 23 heavy (non-hydrogen) atoms. The summed E-state index contributed by atoms with van der Waals surface area (Å²) in [6.07, 6.45) is 0.537. The molecule has 3 rings (SSSR count). The zero-order chi connectivity index (χ0) is 16.9. The van der Waals surface area contributed by atoms with Gasteiger partial charge in [-0.05, 0) is 19.3 Å². The zero-order valence-corrected chi connectivity index (χ0v) is 12.4. The molecule has 8 nitrogen and oxygen atoms in total. The molecule has 0 aromatic carbocycles. The van der Waals surface area contributed by atoms with Gasteiger partial charge in [0.2, 0.25) is 23.6 Å². The Morgan fingerprint density at radius 3 is 2.09 bits per heavy atom. The minimum atomic E-state index is -1.20. The molecule has 3 aliphatic rings. The third-order valence-corrected chi connectivity index (χ3v) is 5.48. The number of nitrogens with one attached hydrogen (secondary N) is 1. The van der Waals surface area contributed by atoms with E-state index < -0.39 is 40.9 Å². The van der Waals surface area contributed by atoms with Crippen LogP contribution in [0.15, 0.2) is 0 Å². The number of fused-ring (bicyclic) bond motifs is 1. The van der Waals surface area contributed by atoms with Crippen molar-refractivity contribution in [3.8, 4) is 12.1 Å².